The zero-order valence-corrected chi connectivity index (χ0v) is 7.97. The van der Waals surface area contributed by atoms with E-state index < -0.39 is 0 Å². The van der Waals surface area contributed by atoms with Crippen LogP contribution in [0.5, 0.6) is 0 Å². The molecule has 0 fully saturated rings. The van der Waals surface area contributed by atoms with E-state index in [0.29, 0.717) is 6.61 Å². The minimum absolute atomic E-state index is 0.344. The Morgan fingerprint density at radius 2 is 1.73 bits per heavy atom. The summed E-state index contributed by atoms with van der Waals surface area (Å²) in [6.45, 7) is 8.18. The Bertz CT molecular complexity index is 57.9. The van der Waals surface area contributed by atoms with Gasteiger partial charge in [-0.05, 0) is 12.8 Å². The lowest BCUT2D eigenvalue weighted by molar-refractivity contribution is 0.287. The summed E-state index contributed by atoms with van der Waals surface area (Å²) in [5.41, 5.74) is 0. The highest BCUT2D eigenvalue weighted by atomic mass is 16.2. The van der Waals surface area contributed by atoms with Crippen molar-refractivity contribution in [2.45, 2.75) is 46.0 Å². The molecule has 0 aromatic carbocycles. The van der Waals surface area contributed by atoms with Crippen molar-refractivity contribution in [2.24, 2.45) is 0 Å². The molecule has 0 aromatic heterocycles. The SMILES string of the molecule is C=CCCCC.CCCCO. The maximum atomic E-state index is 8.07. The molecular weight excluding hydrogens is 136 g/mol. The fourth-order valence-electron chi connectivity index (χ4n) is 0.507. The summed E-state index contributed by atoms with van der Waals surface area (Å²) in [5.74, 6) is 0. The second-order valence-electron chi connectivity index (χ2n) is 2.51. The summed E-state index contributed by atoms with van der Waals surface area (Å²) >= 11 is 0. The first kappa shape index (κ1) is 13.3. The highest BCUT2D eigenvalue weighted by Crippen LogP contribution is 1.91. The van der Waals surface area contributed by atoms with Gasteiger partial charge < -0.3 is 5.11 Å². The van der Waals surface area contributed by atoms with Crippen LogP contribution in [-0.2, 0) is 0 Å². The van der Waals surface area contributed by atoms with Gasteiger partial charge in [-0.15, -0.1) is 6.58 Å². The molecule has 0 rings (SSSR count). The third-order valence-electron chi connectivity index (χ3n) is 1.27. The molecule has 0 atom stereocenters. The van der Waals surface area contributed by atoms with Crippen molar-refractivity contribution in [2.75, 3.05) is 6.61 Å². The fraction of sp³-hybridized carbons (Fsp3) is 0.800. The topological polar surface area (TPSA) is 20.2 Å². The Morgan fingerprint density at radius 3 is 1.82 bits per heavy atom. The summed E-state index contributed by atoms with van der Waals surface area (Å²) in [5, 5.41) is 8.07. The van der Waals surface area contributed by atoms with Crippen LogP contribution >= 0.6 is 0 Å². The van der Waals surface area contributed by atoms with Gasteiger partial charge in [-0.2, -0.15) is 0 Å². The van der Waals surface area contributed by atoms with Crippen molar-refractivity contribution in [3.05, 3.63) is 12.7 Å². The van der Waals surface area contributed by atoms with Crippen LogP contribution in [0.1, 0.15) is 46.0 Å². The van der Waals surface area contributed by atoms with Crippen LogP contribution < -0.4 is 0 Å². The quantitative estimate of drug-likeness (QED) is 0.481. The molecule has 0 bridgehead atoms. The van der Waals surface area contributed by atoms with Crippen molar-refractivity contribution >= 4 is 0 Å². The van der Waals surface area contributed by atoms with Gasteiger partial charge in [-0.3, -0.25) is 0 Å². The molecule has 0 amide bonds. The van der Waals surface area contributed by atoms with E-state index in [1.807, 2.05) is 6.08 Å². The Hall–Kier alpha value is -0.300. The van der Waals surface area contributed by atoms with Gasteiger partial charge in [-0.25, -0.2) is 0 Å². The third-order valence-corrected chi connectivity index (χ3v) is 1.27. The Kier molecular flexibility index (Phi) is 19.8. The zero-order valence-electron chi connectivity index (χ0n) is 7.97. The highest BCUT2D eigenvalue weighted by molar-refractivity contribution is 4.64. The van der Waals surface area contributed by atoms with E-state index in [9.17, 15) is 0 Å². The maximum absolute atomic E-state index is 8.07. The van der Waals surface area contributed by atoms with Gasteiger partial charge in [-0.1, -0.05) is 39.2 Å². The van der Waals surface area contributed by atoms with Crippen molar-refractivity contribution in [3.63, 3.8) is 0 Å². The molecule has 0 aliphatic carbocycles. The summed E-state index contributed by atoms with van der Waals surface area (Å²) < 4.78 is 0. The number of hydrogen-bond donors (Lipinski definition) is 1. The minimum Gasteiger partial charge on any atom is -0.396 e. The second kappa shape index (κ2) is 16.4. The molecule has 11 heavy (non-hydrogen) atoms. The van der Waals surface area contributed by atoms with E-state index in [0.717, 1.165) is 12.8 Å². The lowest BCUT2D eigenvalue weighted by Crippen LogP contribution is -1.75. The molecule has 0 radical (unpaired) electrons. The number of aliphatic hydroxyl groups is 1. The first-order valence-corrected chi connectivity index (χ1v) is 4.55. The van der Waals surface area contributed by atoms with Crippen LogP contribution in [-0.4, -0.2) is 11.7 Å². The molecule has 0 saturated heterocycles. The summed E-state index contributed by atoms with van der Waals surface area (Å²) in [4.78, 5) is 0. The number of rotatable bonds is 5. The van der Waals surface area contributed by atoms with E-state index in [4.69, 9.17) is 5.11 Å². The van der Waals surface area contributed by atoms with Crippen LogP contribution in [0.25, 0.3) is 0 Å². The van der Waals surface area contributed by atoms with E-state index in [1.165, 1.54) is 19.3 Å². The molecule has 68 valence electrons. The third kappa shape index (κ3) is 26.0. The summed E-state index contributed by atoms with van der Waals surface area (Å²) in [6, 6.07) is 0. The molecule has 0 aliphatic rings. The van der Waals surface area contributed by atoms with Gasteiger partial charge in [0.2, 0.25) is 0 Å². The minimum atomic E-state index is 0.344. The van der Waals surface area contributed by atoms with Gasteiger partial charge in [0, 0.05) is 6.61 Å². The van der Waals surface area contributed by atoms with Crippen LogP contribution in [0, 0.1) is 0 Å². The molecule has 1 N–H and O–H groups in total. The normalized spacial score (nSPS) is 8.27. The molecule has 0 aliphatic heterocycles. The first-order chi connectivity index (χ1) is 5.33. The number of aliphatic hydroxyl groups excluding tert-OH is 1. The predicted octanol–water partition coefficient (Wildman–Crippen LogP) is 3.14. The first-order valence-electron chi connectivity index (χ1n) is 4.55. The lowest BCUT2D eigenvalue weighted by atomic mass is 10.3. The average molecular weight is 158 g/mol. The van der Waals surface area contributed by atoms with Gasteiger partial charge in [0.25, 0.3) is 0 Å². The zero-order chi connectivity index (χ0) is 8.95. The molecule has 0 unspecified atom stereocenters. The average Bonchev–Trinajstić information content (AvgIpc) is 2.04. The molecular formula is C10H22O. The van der Waals surface area contributed by atoms with Crippen molar-refractivity contribution < 1.29 is 5.11 Å². The largest absolute Gasteiger partial charge is 0.396 e. The number of hydrogen-bond acceptors (Lipinski definition) is 1. The van der Waals surface area contributed by atoms with E-state index in [1.54, 1.807) is 0 Å². The standard InChI is InChI=1S/C6H12.C4H10O/c1-3-5-6-4-2;1-2-3-4-5/h3H,1,4-6H2,2H3;5H,2-4H2,1H3. The molecule has 1 nitrogen and oxygen atoms in total. The van der Waals surface area contributed by atoms with Gasteiger partial charge in [0.05, 0.1) is 0 Å². The Morgan fingerprint density at radius 1 is 1.18 bits per heavy atom. The highest BCUT2D eigenvalue weighted by Gasteiger charge is 1.71. The second-order valence-corrected chi connectivity index (χ2v) is 2.51. The molecule has 0 spiro atoms. The van der Waals surface area contributed by atoms with Crippen LogP contribution in [0.4, 0.5) is 0 Å². The number of unbranched alkanes of at least 4 members (excludes halogenated alkanes) is 3. The van der Waals surface area contributed by atoms with Gasteiger partial charge in [0.1, 0.15) is 0 Å². The Balaban J connectivity index is 0. The molecule has 0 heterocycles. The number of allylic oxidation sites excluding steroid dienone is 1. The van der Waals surface area contributed by atoms with Crippen molar-refractivity contribution in [1.82, 2.24) is 0 Å². The molecule has 0 saturated carbocycles. The van der Waals surface area contributed by atoms with Crippen LogP contribution in [0.2, 0.25) is 0 Å². The monoisotopic (exact) mass is 158 g/mol. The maximum Gasteiger partial charge on any atom is 0.0430 e. The van der Waals surface area contributed by atoms with Crippen molar-refractivity contribution in [3.8, 4) is 0 Å². The molecule has 1 heteroatoms. The van der Waals surface area contributed by atoms with Gasteiger partial charge >= 0.3 is 0 Å². The van der Waals surface area contributed by atoms with E-state index in [2.05, 4.69) is 20.4 Å². The van der Waals surface area contributed by atoms with E-state index in [-0.39, 0.29) is 0 Å². The van der Waals surface area contributed by atoms with Crippen LogP contribution in [0.15, 0.2) is 12.7 Å². The summed E-state index contributed by atoms with van der Waals surface area (Å²) in [7, 11) is 0. The fourth-order valence-corrected chi connectivity index (χ4v) is 0.507. The van der Waals surface area contributed by atoms with Crippen LogP contribution in [0.3, 0.4) is 0 Å². The summed E-state index contributed by atoms with van der Waals surface area (Å²) in [6.07, 6.45) is 7.76. The Labute approximate surface area is 71.1 Å². The van der Waals surface area contributed by atoms with Gasteiger partial charge in [0.15, 0.2) is 0 Å². The smallest absolute Gasteiger partial charge is 0.0430 e. The molecule has 0 aromatic rings. The predicted molar refractivity (Wildman–Crippen MR) is 51.7 cm³/mol. The van der Waals surface area contributed by atoms with E-state index >= 15 is 0 Å². The lowest BCUT2D eigenvalue weighted by Gasteiger charge is -1.81. The van der Waals surface area contributed by atoms with Crippen molar-refractivity contribution in [1.29, 1.82) is 0 Å².